The predicted molar refractivity (Wildman–Crippen MR) is 71.4 cm³/mol. The highest BCUT2D eigenvalue weighted by atomic mass is 16.3. The van der Waals surface area contributed by atoms with Crippen LogP contribution in [0.1, 0.15) is 19.4 Å². The number of nitrogens with zero attached hydrogens (tertiary/aromatic N) is 3. The van der Waals surface area contributed by atoms with Crippen LogP contribution in [-0.2, 0) is 0 Å². The van der Waals surface area contributed by atoms with Crippen molar-refractivity contribution >= 4 is 16.9 Å². The minimum absolute atomic E-state index is 0.322. The molecule has 0 bridgehead atoms. The lowest BCUT2D eigenvalue weighted by molar-refractivity contribution is 0.0319. The third-order valence-corrected chi connectivity index (χ3v) is 3.69. The third-order valence-electron chi connectivity index (χ3n) is 3.69. The SMILES string of the molecule is CCC1=C[C@@H](n2cnc3c(N)nccc32)[C@H](O)[C@@H]1O. The zero-order valence-electron chi connectivity index (χ0n) is 10.6. The minimum atomic E-state index is -0.860. The van der Waals surface area contributed by atoms with Gasteiger partial charge in [-0.3, -0.25) is 0 Å². The zero-order chi connectivity index (χ0) is 13.6. The quantitative estimate of drug-likeness (QED) is 0.688. The molecule has 0 aromatic carbocycles. The van der Waals surface area contributed by atoms with Crippen LogP contribution in [0.15, 0.2) is 30.2 Å². The van der Waals surface area contributed by atoms with Gasteiger partial charge in [0.2, 0.25) is 0 Å². The van der Waals surface area contributed by atoms with Crippen molar-refractivity contribution in [3.05, 3.63) is 30.2 Å². The first-order valence-corrected chi connectivity index (χ1v) is 6.27. The molecular formula is C13H16N4O2. The van der Waals surface area contributed by atoms with Crippen LogP contribution in [0.2, 0.25) is 0 Å². The van der Waals surface area contributed by atoms with E-state index in [0.717, 1.165) is 11.1 Å². The number of pyridine rings is 1. The number of hydrogen-bond donors (Lipinski definition) is 3. The molecule has 2 aromatic heterocycles. The molecule has 1 aliphatic carbocycles. The Hall–Kier alpha value is -1.92. The minimum Gasteiger partial charge on any atom is -0.388 e. The van der Waals surface area contributed by atoms with E-state index in [-0.39, 0.29) is 6.04 Å². The van der Waals surface area contributed by atoms with Crippen molar-refractivity contribution in [2.24, 2.45) is 0 Å². The van der Waals surface area contributed by atoms with E-state index in [0.29, 0.717) is 17.8 Å². The summed E-state index contributed by atoms with van der Waals surface area (Å²) >= 11 is 0. The first-order chi connectivity index (χ1) is 9.13. The molecule has 6 nitrogen and oxygen atoms in total. The first kappa shape index (κ1) is 12.1. The summed E-state index contributed by atoms with van der Waals surface area (Å²) in [5.74, 6) is 0.365. The molecule has 0 spiro atoms. The molecule has 4 N–H and O–H groups in total. The Bertz CT molecular complexity index is 649. The molecule has 6 heteroatoms. The maximum Gasteiger partial charge on any atom is 0.151 e. The van der Waals surface area contributed by atoms with Crippen molar-refractivity contribution in [1.82, 2.24) is 14.5 Å². The van der Waals surface area contributed by atoms with Gasteiger partial charge >= 0.3 is 0 Å². The average Bonchev–Trinajstić information content (AvgIpc) is 2.94. The van der Waals surface area contributed by atoms with Gasteiger partial charge in [-0.1, -0.05) is 13.0 Å². The van der Waals surface area contributed by atoms with Crippen molar-refractivity contribution in [1.29, 1.82) is 0 Å². The Kier molecular flexibility index (Phi) is 2.76. The van der Waals surface area contributed by atoms with E-state index in [4.69, 9.17) is 5.73 Å². The molecule has 100 valence electrons. The van der Waals surface area contributed by atoms with Gasteiger partial charge in [-0.2, -0.15) is 0 Å². The molecule has 3 rings (SSSR count). The molecule has 19 heavy (non-hydrogen) atoms. The summed E-state index contributed by atoms with van der Waals surface area (Å²) in [6.45, 7) is 1.96. The van der Waals surface area contributed by atoms with Crippen LogP contribution >= 0.6 is 0 Å². The lowest BCUT2D eigenvalue weighted by Crippen LogP contribution is -2.29. The number of fused-ring (bicyclic) bond motifs is 1. The van der Waals surface area contributed by atoms with Crippen LogP contribution in [0.5, 0.6) is 0 Å². The Balaban J connectivity index is 2.11. The van der Waals surface area contributed by atoms with E-state index < -0.39 is 12.2 Å². The van der Waals surface area contributed by atoms with Crippen LogP contribution < -0.4 is 5.73 Å². The van der Waals surface area contributed by atoms with E-state index >= 15 is 0 Å². The highest BCUT2D eigenvalue weighted by Gasteiger charge is 2.35. The van der Waals surface area contributed by atoms with Crippen LogP contribution in [0.25, 0.3) is 11.0 Å². The van der Waals surface area contributed by atoms with Gasteiger partial charge in [0.1, 0.15) is 17.7 Å². The summed E-state index contributed by atoms with van der Waals surface area (Å²) in [5, 5.41) is 20.1. The first-order valence-electron chi connectivity index (χ1n) is 6.27. The maximum absolute atomic E-state index is 10.2. The van der Waals surface area contributed by atoms with E-state index in [2.05, 4.69) is 9.97 Å². The maximum atomic E-state index is 10.2. The molecule has 0 unspecified atom stereocenters. The highest BCUT2D eigenvalue weighted by Crippen LogP contribution is 2.33. The highest BCUT2D eigenvalue weighted by molar-refractivity contribution is 5.84. The molecule has 0 fully saturated rings. The molecule has 0 aliphatic heterocycles. The zero-order valence-corrected chi connectivity index (χ0v) is 10.6. The number of aromatic nitrogens is 3. The number of anilines is 1. The number of nitrogen functional groups attached to an aromatic ring is 1. The normalized spacial score (nSPS) is 26.9. The van der Waals surface area contributed by atoms with Gasteiger partial charge in [0.25, 0.3) is 0 Å². The molecule has 0 saturated carbocycles. The summed E-state index contributed by atoms with van der Waals surface area (Å²) in [6, 6.07) is 1.48. The fourth-order valence-corrected chi connectivity index (χ4v) is 2.61. The monoisotopic (exact) mass is 260 g/mol. The number of aliphatic hydroxyl groups is 2. The van der Waals surface area contributed by atoms with E-state index in [1.807, 2.05) is 17.6 Å². The van der Waals surface area contributed by atoms with Gasteiger partial charge in [0.05, 0.1) is 17.9 Å². The Morgan fingerprint density at radius 1 is 1.37 bits per heavy atom. The van der Waals surface area contributed by atoms with Crippen LogP contribution in [0.3, 0.4) is 0 Å². The van der Waals surface area contributed by atoms with Gasteiger partial charge in [-0.15, -0.1) is 0 Å². The molecule has 2 aromatic rings. The summed E-state index contributed by atoms with van der Waals surface area (Å²) in [6.07, 6.45) is 4.17. The smallest absolute Gasteiger partial charge is 0.151 e. The van der Waals surface area contributed by atoms with Gasteiger partial charge in [-0.05, 0) is 18.1 Å². The van der Waals surface area contributed by atoms with Crippen LogP contribution in [0, 0.1) is 0 Å². The summed E-state index contributed by atoms with van der Waals surface area (Å²) in [7, 11) is 0. The number of nitrogens with two attached hydrogens (primary N) is 1. The predicted octanol–water partition coefficient (Wildman–Crippen LogP) is 0.626. The molecule has 2 heterocycles. The number of aliphatic hydroxyl groups excluding tert-OH is 2. The second-order valence-electron chi connectivity index (χ2n) is 4.74. The van der Waals surface area contributed by atoms with Crippen molar-refractivity contribution in [3.8, 4) is 0 Å². The van der Waals surface area contributed by atoms with Gasteiger partial charge in [0.15, 0.2) is 5.82 Å². The van der Waals surface area contributed by atoms with Crippen molar-refractivity contribution in [2.75, 3.05) is 5.73 Å². The molecule has 0 radical (unpaired) electrons. The largest absolute Gasteiger partial charge is 0.388 e. The summed E-state index contributed by atoms with van der Waals surface area (Å²) < 4.78 is 1.82. The van der Waals surface area contributed by atoms with Gasteiger partial charge in [-0.25, -0.2) is 9.97 Å². The third kappa shape index (κ3) is 1.72. The fourth-order valence-electron chi connectivity index (χ4n) is 2.61. The number of hydrogen-bond acceptors (Lipinski definition) is 5. The molecule has 0 amide bonds. The Morgan fingerprint density at radius 3 is 2.84 bits per heavy atom. The van der Waals surface area contributed by atoms with Crippen molar-refractivity contribution in [3.63, 3.8) is 0 Å². The lowest BCUT2D eigenvalue weighted by atomic mass is 10.1. The second-order valence-corrected chi connectivity index (χ2v) is 4.74. The number of rotatable bonds is 2. The number of imidazole rings is 1. The van der Waals surface area contributed by atoms with Crippen LogP contribution in [-0.4, -0.2) is 37.0 Å². The average molecular weight is 260 g/mol. The van der Waals surface area contributed by atoms with E-state index in [1.165, 1.54) is 0 Å². The Labute approximate surface area is 110 Å². The molecule has 1 aliphatic rings. The van der Waals surface area contributed by atoms with E-state index in [1.54, 1.807) is 18.6 Å². The molecule has 0 saturated heterocycles. The summed E-state index contributed by atoms with van der Waals surface area (Å²) in [5.41, 5.74) is 8.03. The van der Waals surface area contributed by atoms with Crippen LogP contribution in [0.4, 0.5) is 5.82 Å². The van der Waals surface area contributed by atoms with Gasteiger partial charge in [0, 0.05) is 6.20 Å². The molecule has 3 atom stereocenters. The summed E-state index contributed by atoms with van der Waals surface area (Å²) in [4.78, 5) is 8.21. The standard InChI is InChI=1S/C13H16N4O2/c1-2-7-5-9(12(19)11(7)18)17-6-16-10-8(17)3-4-15-13(10)14/h3-6,9,11-12,18-19H,2H2,1H3,(H2,14,15)/t9-,11-,12+/m1/s1. The second kappa shape index (κ2) is 4.32. The van der Waals surface area contributed by atoms with Crippen molar-refractivity contribution in [2.45, 2.75) is 31.6 Å². The lowest BCUT2D eigenvalue weighted by Gasteiger charge is -2.19. The topological polar surface area (TPSA) is 97.2 Å². The van der Waals surface area contributed by atoms with E-state index in [9.17, 15) is 10.2 Å². The van der Waals surface area contributed by atoms with Crippen molar-refractivity contribution < 1.29 is 10.2 Å². The molecular weight excluding hydrogens is 244 g/mol. The van der Waals surface area contributed by atoms with Gasteiger partial charge < -0.3 is 20.5 Å². The fraction of sp³-hybridized carbons (Fsp3) is 0.385. The Morgan fingerprint density at radius 2 is 2.16 bits per heavy atom.